The molecule has 2 aromatic rings. The number of benzene rings is 1. The van der Waals surface area contributed by atoms with Gasteiger partial charge in [0.05, 0.1) is 9.85 Å². The van der Waals surface area contributed by atoms with Gasteiger partial charge in [-0.1, -0.05) is 18.2 Å². The lowest BCUT2D eigenvalue weighted by Gasteiger charge is -1.95. The van der Waals surface area contributed by atoms with E-state index in [2.05, 4.69) is 4.98 Å². The molecule has 0 saturated carbocycles. The molecule has 122 valence electrons. The fourth-order valence-corrected chi connectivity index (χ4v) is 1.82. The van der Waals surface area contributed by atoms with Crippen molar-refractivity contribution in [3.63, 3.8) is 0 Å². The fraction of sp³-hybridized carbons (Fsp3) is 0. The van der Waals surface area contributed by atoms with Crippen molar-refractivity contribution in [3.05, 3.63) is 88.7 Å². The van der Waals surface area contributed by atoms with Gasteiger partial charge in [-0.15, -0.1) is 0 Å². The van der Waals surface area contributed by atoms with E-state index in [-0.39, 0.29) is 11.4 Å². The largest absolute Gasteiger partial charge is 0.357 e. The van der Waals surface area contributed by atoms with E-state index >= 15 is 0 Å². The lowest BCUT2D eigenvalue weighted by atomic mass is 10.2. The van der Waals surface area contributed by atoms with Crippen LogP contribution in [0.3, 0.4) is 0 Å². The van der Waals surface area contributed by atoms with Gasteiger partial charge in [-0.25, -0.2) is 4.79 Å². The zero-order chi connectivity index (χ0) is 17.7. The van der Waals surface area contributed by atoms with Crippen LogP contribution in [0.15, 0.2) is 46.0 Å². The molecule has 0 bridgehead atoms. The van der Waals surface area contributed by atoms with Crippen molar-refractivity contribution in [1.29, 1.82) is 0 Å². The standard InChI is InChI=1S/C14H10N4O6/c19-13-12(18(23)24)11(15-14(20)16-13)4-2-1-3-9-5-7-10(8-6-9)17(21)22/h1-8H,(H2,15,16,19,20)/b3-1+,4-2+. The van der Waals surface area contributed by atoms with Gasteiger partial charge < -0.3 is 4.98 Å². The van der Waals surface area contributed by atoms with Crippen molar-refractivity contribution in [2.24, 2.45) is 0 Å². The van der Waals surface area contributed by atoms with Crippen molar-refractivity contribution < 1.29 is 9.85 Å². The maximum Gasteiger partial charge on any atom is 0.357 e. The first-order chi connectivity index (χ1) is 11.4. The Balaban J connectivity index is 2.23. The molecule has 0 atom stereocenters. The topological polar surface area (TPSA) is 152 Å². The number of H-pyrrole nitrogens is 2. The summed E-state index contributed by atoms with van der Waals surface area (Å²) < 4.78 is 0. The Hall–Kier alpha value is -3.82. The summed E-state index contributed by atoms with van der Waals surface area (Å²) in [6, 6.07) is 5.73. The molecule has 0 aliphatic carbocycles. The molecular weight excluding hydrogens is 320 g/mol. The Bertz CT molecular complexity index is 952. The maximum atomic E-state index is 11.4. The van der Waals surface area contributed by atoms with Gasteiger partial charge in [-0.2, -0.15) is 0 Å². The number of nitrogens with one attached hydrogen (secondary N) is 2. The summed E-state index contributed by atoms with van der Waals surface area (Å²) in [5.41, 5.74) is -2.33. The predicted octanol–water partition coefficient (Wildman–Crippen LogP) is 1.61. The first-order valence-corrected chi connectivity index (χ1v) is 6.48. The van der Waals surface area contributed by atoms with Gasteiger partial charge in [0.15, 0.2) is 0 Å². The van der Waals surface area contributed by atoms with Crippen LogP contribution in [0.4, 0.5) is 11.4 Å². The molecule has 10 nitrogen and oxygen atoms in total. The van der Waals surface area contributed by atoms with Crippen LogP contribution in [0.1, 0.15) is 11.3 Å². The highest BCUT2D eigenvalue weighted by molar-refractivity contribution is 5.60. The van der Waals surface area contributed by atoms with E-state index in [1.807, 2.05) is 0 Å². The summed E-state index contributed by atoms with van der Waals surface area (Å²) >= 11 is 0. The van der Waals surface area contributed by atoms with E-state index in [4.69, 9.17) is 0 Å². The fourth-order valence-electron chi connectivity index (χ4n) is 1.82. The van der Waals surface area contributed by atoms with E-state index in [1.165, 1.54) is 42.5 Å². The molecule has 0 radical (unpaired) electrons. The van der Waals surface area contributed by atoms with Crippen LogP contribution in [0.2, 0.25) is 0 Å². The number of aromatic nitrogens is 2. The first-order valence-electron chi connectivity index (χ1n) is 6.48. The highest BCUT2D eigenvalue weighted by Crippen LogP contribution is 2.13. The molecule has 2 rings (SSSR count). The van der Waals surface area contributed by atoms with Crippen molar-refractivity contribution >= 4 is 23.5 Å². The molecule has 0 fully saturated rings. The van der Waals surface area contributed by atoms with E-state index < -0.39 is 26.8 Å². The van der Waals surface area contributed by atoms with Gasteiger partial charge in [0, 0.05) is 12.1 Å². The minimum absolute atomic E-state index is 0.0422. The molecule has 0 aliphatic rings. The number of hydrogen-bond donors (Lipinski definition) is 2. The van der Waals surface area contributed by atoms with Crippen molar-refractivity contribution in [1.82, 2.24) is 9.97 Å². The van der Waals surface area contributed by atoms with Crippen molar-refractivity contribution in [2.45, 2.75) is 0 Å². The maximum absolute atomic E-state index is 11.4. The smallest absolute Gasteiger partial charge is 0.301 e. The molecule has 10 heteroatoms. The Morgan fingerprint density at radius 2 is 1.50 bits per heavy atom. The second kappa shape index (κ2) is 6.96. The number of hydrogen-bond acceptors (Lipinski definition) is 6. The normalized spacial score (nSPS) is 11.2. The summed E-state index contributed by atoms with van der Waals surface area (Å²) in [6.45, 7) is 0. The number of allylic oxidation sites excluding steroid dienone is 2. The van der Waals surface area contributed by atoms with E-state index in [9.17, 15) is 29.8 Å². The van der Waals surface area contributed by atoms with E-state index in [1.54, 1.807) is 11.1 Å². The Morgan fingerprint density at radius 3 is 2.08 bits per heavy atom. The average molecular weight is 330 g/mol. The van der Waals surface area contributed by atoms with Gasteiger partial charge in [0.25, 0.3) is 5.69 Å². The zero-order valence-corrected chi connectivity index (χ0v) is 12.0. The third kappa shape index (κ3) is 3.88. The summed E-state index contributed by atoms with van der Waals surface area (Å²) in [6.07, 6.45) is 5.69. The van der Waals surface area contributed by atoms with E-state index in [0.717, 1.165) is 0 Å². The first kappa shape index (κ1) is 16.5. The summed E-state index contributed by atoms with van der Waals surface area (Å²) in [4.78, 5) is 46.5. The molecule has 1 heterocycles. The van der Waals surface area contributed by atoms with Crippen molar-refractivity contribution in [2.75, 3.05) is 0 Å². The van der Waals surface area contributed by atoms with Crippen molar-refractivity contribution in [3.8, 4) is 0 Å². The van der Waals surface area contributed by atoms with Crippen LogP contribution < -0.4 is 11.2 Å². The Kier molecular flexibility index (Phi) is 4.80. The molecule has 2 N–H and O–H groups in total. The van der Waals surface area contributed by atoms with Gasteiger partial charge >= 0.3 is 16.9 Å². The lowest BCUT2D eigenvalue weighted by Crippen LogP contribution is -2.25. The minimum atomic E-state index is -1.09. The second-order valence-electron chi connectivity index (χ2n) is 4.49. The molecule has 0 unspecified atom stereocenters. The van der Waals surface area contributed by atoms with Gasteiger partial charge in [0.2, 0.25) is 0 Å². The summed E-state index contributed by atoms with van der Waals surface area (Å²) in [5.74, 6) is 0. The molecule has 24 heavy (non-hydrogen) atoms. The minimum Gasteiger partial charge on any atom is -0.301 e. The van der Waals surface area contributed by atoms with Crippen LogP contribution in [0, 0.1) is 20.2 Å². The SMILES string of the molecule is O=c1[nH]c(/C=C/C=C/c2ccc([N+](=O)[O-])cc2)c([N+](=O)[O-])c(=O)[nH]1. The number of nitro groups is 2. The third-order valence-corrected chi connectivity index (χ3v) is 2.89. The second-order valence-corrected chi connectivity index (χ2v) is 4.49. The average Bonchev–Trinajstić information content (AvgIpc) is 2.51. The van der Waals surface area contributed by atoms with Crippen LogP contribution in [-0.4, -0.2) is 19.8 Å². The number of non-ortho nitro benzene ring substituents is 1. The molecule has 0 spiro atoms. The summed E-state index contributed by atoms with van der Waals surface area (Å²) in [7, 11) is 0. The molecule has 0 amide bonds. The zero-order valence-electron chi connectivity index (χ0n) is 12.0. The predicted molar refractivity (Wildman–Crippen MR) is 85.5 cm³/mol. The van der Waals surface area contributed by atoms with Gasteiger partial charge in [-0.05, 0) is 23.8 Å². The highest BCUT2D eigenvalue weighted by Gasteiger charge is 2.18. The monoisotopic (exact) mass is 330 g/mol. The van der Waals surface area contributed by atoms with Crippen LogP contribution in [0.5, 0.6) is 0 Å². The Morgan fingerprint density at radius 1 is 0.875 bits per heavy atom. The quantitative estimate of drug-likeness (QED) is 0.482. The van der Waals surface area contributed by atoms with Gasteiger partial charge in [0.1, 0.15) is 5.69 Å². The van der Waals surface area contributed by atoms with Crippen LogP contribution >= 0.6 is 0 Å². The number of rotatable bonds is 5. The molecule has 1 aromatic carbocycles. The Labute approximate surface area is 133 Å². The number of nitro benzene ring substituents is 1. The van der Waals surface area contributed by atoms with Crippen LogP contribution in [0.25, 0.3) is 12.2 Å². The van der Waals surface area contributed by atoms with E-state index in [0.29, 0.717) is 5.56 Å². The molecule has 0 aliphatic heterocycles. The third-order valence-electron chi connectivity index (χ3n) is 2.89. The number of aromatic amines is 2. The highest BCUT2D eigenvalue weighted by atomic mass is 16.6. The molecule has 1 aromatic heterocycles. The lowest BCUT2D eigenvalue weighted by molar-refractivity contribution is -0.386. The molecule has 0 saturated heterocycles. The summed E-state index contributed by atoms with van der Waals surface area (Å²) in [5, 5.41) is 21.4. The molecular formula is C14H10N4O6. The van der Waals surface area contributed by atoms with Crippen LogP contribution in [-0.2, 0) is 0 Å². The van der Waals surface area contributed by atoms with Gasteiger partial charge in [-0.3, -0.25) is 30.0 Å². The number of nitrogens with zero attached hydrogens (tertiary/aromatic N) is 2.